The number of halogens is 1. The lowest BCUT2D eigenvalue weighted by atomic mass is 10.4. The maximum atomic E-state index is 4.46. The molecule has 2 aliphatic rings. The van der Waals surface area contributed by atoms with Gasteiger partial charge >= 0.3 is 0 Å². The van der Waals surface area contributed by atoms with Gasteiger partial charge in [0, 0.05) is 12.0 Å². The number of pyridine rings is 1. The van der Waals surface area contributed by atoms with E-state index in [1.165, 1.54) is 31.5 Å². The van der Waals surface area contributed by atoms with Crippen molar-refractivity contribution in [1.29, 1.82) is 0 Å². The molecule has 2 fully saturated rings. The molecule has 0 N–H and O–H groups in total. The Balaban J connectivity index is 1.67. The van der Waals surface area contributed by atoms with E-state index in [9.17, 15) is 0 Å². The summed E-state index contributed by atoms with van der Waals surface area (Å²) >= 11 is 5.02. The molecule has 4 rings (SSSR count). The zero-order chi connectivity index (χ0) is 12.8. The van der Waals surface area contributed by atoms with Gasteiger partial charge in [0.2, 0.25) is 0 Å². The van der Waals surface area contributed by atoms with E-state index in [0.717, 1.165) is 14.8 Å². The summed E-state index contributed by atoms with van der Waals surface area (Å²) in [7, 11) is 0. The van der Waals surface area contributed by atoms with Crippen LogP contribution < -0.4 is 0 Å². The Morgan fingerprint density at radius 3 is 2.68 bits per heavy atom. The maximum absolute atomic E-state index is 4.46. The van der Waals surface area contributed by atoms with Gasteiger partial charge in [0.05, 0.1) is 0 Å². The third-order valence-electron chi connectivity index (χ3n) is 3.43. The molecule has 0 aliphatic heterocycles. The highest BCUT2D eigenvalue weighted by Crippen LogP contribution is 2.46. The standard InChI is InChI=1S/C13H13BrN4S/c14-10-2-1-3-11(15-10)19-13-17-16-12(8-4-5-8)18(13)9-6-7-9/h1-3,8-9H,4-7H2. The van der Waals surface area contributed by atoms with Crippen molar-refractivity contribution in [3.8, 4) is 0 Å². The minimum atomic E-state index is 0.625. The minimum absolute atomic E-state index is 0.625. The van der Waals surface area contributed by atoms with Gasteiger partial charge in [-0.2, -0.15) is 0 Å². The monoisotopic (exact) mass is 336 g/mol. The molecule has 2 aromatic heterocycles. The Morgan fingerprint density at radius 2 is 2.00 bits per heavy atom. The van der Waals surface area contributed by atoms with Crippen molar-refractivity contribution in [3.05, 3.63) is 28.6 Å². The highest BCUT2D eigenvalue weighted by atomic mass is 79.9. The van der Waals surface area contributed by atoms with Gasteiger partial charge in [-0.15, -0.1) is 10.2 Å². The van der Waals surface area contributed by atoms with Crippen LogP contribution in [0.5, 0.6) is 0 Å². The molecule has 2 saturated carbocycles. The average Bonchev–Trinajstić information content (AvgIpc) is 3.30. The van der Waals surface area contributed by atoms with Gasteiger partial charge in [-0.1, -0.05) is 6.07 Å². The Labute approximate surface area is 124 Å². The average molecular weight is 337 g/mol. The smallest absolute Gasteiger partial charge is 0.197 e. The first-order valence-electron chi connectivity index (χ1n) is 6.56. The van der Waals surface area contributed by atoms with E-state index in [0.29, 0.717) is 12.0 Å². The van der Waals surface area contributed by atoms with Crippen molar-refractivity contribution in [2.45, 2.75) is 47.8 Å². The fourth-order valence-corrected chi connectivity index (χ4v) is 3.56. The van der Waals surface area contributed by atoms with Crippen LogP contribution in [0.2, 0.25) is 0 Å². The third-order valence-corrected chi connectivity index (χ3v) is 4.77. The quantitative estimate of drug-likeness (QED) is 0.796. The van der Waals surface area contributed by atoms with E-state index in [2.05, 4.69) is 35.7 Å². The summed E-state index contributed by atoms with van der Waals surface area (Å²) in [4.78, 5) is 4.46. The molecule has 4 nitrogen and oxygen atoms in total. The number of hydrogen-bond donors (Lipinski definition) is 0. The van der Waals surface area contributed by atoms with Crippen LogP contribution in [0.25, 0.3) is 0 Å². The van der Waals surface area contributed by atoms with Gasteiger partial charge in [0.1, 0.15) is 15.5 Å². The van der Waals surface area contributed by atoms with E-state index < -0.39 is 0 Å². The van der Waals surface area contributed by atoms with Crippen LogP contribution in [0.3, 0.4) is 0 Å². The topological polar surface area (TPSA) is 43.6 Å². The summed E-state index contributed by atoms with van der Waals surface area (Å²) in [5.41, 5.74) is 0. The largest absolute Gasteiger partial charge is 0.302 e. The highest BCUT2D eigenvalue weighted by molar-refractivity contribution is 9.10. The lowest BCUT2D eigenvalue weighted by Crippen LogP contribution is -2.01. The van der Waals surface area contributed by atoms with E-state index in [1.54, 1.807) is 11.8 Å². The summed E-state index contributed by atoms with van der Waals surface area (Å²) in [6.45, 7) is 0. The van der Waals surface area contributed by atoms with E-state index >= 15 is 0 Å². The van der Waals surface area contributed by atoms with Gasteiger partial charge < -0.3 is 4.57 Å². The van der Waals surface area contributed by atoms with Crippen molar-refractivity contribution >= 4 is 27.7 Å². The van der Waals surface area contributed by atoms with E-state index in [4.69, 9.17) is 0 Å². The second-order valence-corrected chi connectivity index (χ2v) is 6.92. The fourth-order valence-electron chi connectivity index (χ4n) is 2.19. The first-order chi connectivity index (χ1) is 9.31. The molecule has 0 radical (unpaired) electrons. The van der Waals surface area contributed by atoms with Crippen molar-refractivity contribution in [1.82, 2.24) is 19.7 Å². The molecule has 0 bridgehead atoms. The summed E-state index contributed by atoms with van der Waals surface area (Å²) in [6.07, 6.45) is 5.06. The molecular weight excluding hydrogens is 324 g/mol. The Kier molecular flexibility index (Phi) is 2.88. The third kappa shape index (κ3) is 2.43. The van der Waals surface area contributed by atoms with Gasteiger partial charge in [-0.3, -0.25) is 0 Å². The molecule has 19 heavy (non-hydrogen) atoms. The van der Waals surface area contributed by atoms with Gasteiger partial charge in [-0.25, -0.2) is 4.98 Å². The van der Waals surface area contributed by atoms with Crippen LogP contribution in [0.4, 0.5) is 0 Å². The van der Waals surface area contributed by atoms with Crippen LogP contribution >= 0.6 is 27.7 Å². The fraction of sp³-hybridized carbons (Fsp3) is 0.462. The van der Waals surface area contributed by atoms with Crippen molar-refractivity contribution < 1.29 is 0 Å². The first kappa shape index (κ1) is 11.9. The zero-order valence-electron chi connectivity index (χ0n) is 10.3. The normalized spacial score (nSPS) is 18.8. The van der Waals surface area contributed by atoms with Gasteiger partial charge in [-0.05, 0) is 65.5 Å². The molecular formula is C13H13BrN4S. The molecule has 0 aromatic carbocycles. The highest BCUT2D eigenvalue weighted by Gasteiger charge is 2.36. The zero-order valence-corrected chi connectivity index (χ0v) is 12.7. The molecule has 0 amide bonds. The molecule has 0 saturated heterocycles. The van der Waals surface area contributed by atoms with Crippen molar-refractivity contribution in [3.63, 3.8) is 0 Å². The van der Waals surface area contributed by atoms with Crippen LogP contribution in [0.1, 0.15) is 43.5 Å². The molecule has 2 heterocycles. The van der Waals surface area contributed by atoms with Gasteiger partial charge in [0.25, 0.3) is 0 Å². The molecule has 2 aromatic rings. The molecule has 98 valence electrons. The lowest BCUT2D eigenvalue weighted by Gasteiger charge is -2.07. The van der Waals surface area contributed by atoms with Crippen molar-refractivity contribution in [2.75, 3.05) is 0 Å². The second-order valence-electron chi connectivity index (χ2n) is 5.12. The summed E-state index contributed by atoms with van der Waals surface area (Å²) in [6, 6.07) is 6.57. The summed E-state index contributed by atoms with van der Waals surface area (Å²) in [5, 5.41) is 10.8. The maximum Gasteiger partial charge on any atom is 0.197 e. The SMILES string of the molecule is Brc1cccc(Sc2nnc(C3CC3)n2C2CC2)n1. The van der Waals surface area contributed by atoms with Crippen LogP contribution in [0, 0.1) is 0 Å². The minimum Gasteiger partial charge on any atom is -0.302 e. The Morgan fingerprint density at radius 1 is 1.16 bits per heavy atom. The summed E-state index contributed by atoms with van der Waals surface area (Å²) < 4.78 is 3.21. The predicted molar refractivity (Wildman–Crippen MR) is 76.3 cm³/mol. The molecule has 0 atom stereocenters. The second kappa shape index (κ2) is 4.59. The van der Waals surface area contributed by atoms with Crippen LogP contribution in [0.15, 0.2) is 33.0 Å². The van der Waals surface area contributed by atoms with Crippen LogP contribution in [-0.4, -0.2) is 19.7 Å². The van der Waals surface area contributed by atoms with Crippen molar-refractivity contribution in [2.24, 2.45) is 0 Å². The number of nitrogens with zero attached hydrogens (tertiary/aromatic N) is 4. The predicted octanol–water partition coefficient (Wildman–Crippen LogP) is 3.80. The molecule has 0 unspecified atom stereocenters. The number of hydrogen-bond acceptors (Lipinski definition) is 4. The van der Waals surface area contributed by atoms with E-state index in [1.807, 2.05) is 18.2 Å². The molecule has 6 heteroatoms. The number of rotatable bonds is 4. The van der Waals surface area contributed by atoms with Crippen LogP contribution in [-0.2, 0) is 0 Å². The number of aromatic nitrogens is 4. The van der Waals surface area contributed by atoms with Gasteiger partial charge in [0.15, 0.2) is 5.16 Å². The first-order valence-corrected chi connectivity index (χ1v) is 8.17. The Hall–Kier alpha value is -0.880. The molecule has 0 spiro atoms. The summed E-state index contributed by atoms with van der Waals surface area (Å²) in [5.74, 6) is 1.85. The molecule has 2 aliphatic carbocycles. The van der Waals surface area contributed by atoms with E-state index in [-0.39, 0.29) is 0 Å². The Bertz CT molecular complexity index is 619. The lowest BCUT2D eigenvalue weighted by molar-refractivity contribution is 0.626.